The lowest BCUT2D eigenvalue weighted by molar-refractivity contribution is 0.419. The Morgan fingerprint density at radius 1 is 1.33 bits per heavy atom. The van der Waals surface area contributed by atoms with E-state index in [2.05, 4.69) is 19.2 Å². The molecular formula is C15H23ClFN. The van der Waals surface area contributed by atoms with Gasteiger partial charge in [-0.05, 0) is 36.6 Å². The largest absolute Gasteiger partial charge is 0.312 e. The highest BCUT2D eigenvalue weighted by atomic mass is 35.5. The summed E-state index contributed by atoms with van der Waals surface area (Å²) >= 11 is 5.98. The number of nitrogens with one attached hydrogen (secondary N) is 1. The van der Waals surface area contributed by atoms with Gasteiger partial charge in [-0.2, -0.15) is 0 Å². The summed E-state index contributed by atoms with van der Waals surface area (Å²) < 4.78 is 12.9. The summed E-state index contributed by atoms with van der Waals surface area (Å²) in [6, 6.07) is 4.57. The topological polar surface area (TPSA) is 12.0 Å². The maximum atomic E-state index is 12.9. The first kappa shape index (κ1) is 15.5. The molecule has 1 N–H and O–H groups in total. The van der Waals surface area contributed by atoms with Gasteiger partial charge < -0.3 is 5.32 Å². The molecule has 1 nitrogen and oxygen atoms in total. The third kappa shape index (κ3) is 5.36. The van der Waals surface area contributed by atoms with Gasteiger partial charge in [-0.3, -0.25) is 0 Å². The van der Waals surface area contributed by atoms with E-state index in [0.29, 0.717) is 11.6 Å². The van der Waals surface area contributed by atoms with Crippen LogP contribution in [0.25, 0.3) is 0 Å². The minimum Gasteiger partial charge on any atom is -0.312 e. The molecule has 0 spiro atoms. The van der Waals surface area contributed by atoms with Gasteiger partial charge in [0.1, 0.15) is 5.82 Å². The summed E-state index contributed by atoms with van der Waals surface area (Å²) in [5.74, 6) is 0.447. The highest BCUT2D eigenvalue weighted by Gasteiger charge is 2.06. The summed E-state index contributed by atoms with van der Waals surface area (Å²) in [6.45, 7) is 6.16. The number of rotatable bonds is 8. The third-order valence-electron chi connectivity index (χ3n) is 3.31. The normalized spacial score (nSPS) is 12.7. The van der Waals surface area contributed by atoms with Crippen LogP contribution in [-0.4, -0.2) is 6.54 Å². The second-order valence-corrected chi connectivity index (χ2v) is 5.19. The lowest BCUT2D eigenvalue weighted by Gasteiger charge is -2.15. The van der Waals surface area contributed by atoms with Gasteiger partial charge in [0.25, 0.3) is 0 Å². The molecule has 0 aliphatic rings. The van der Waals surface area contributed by atoms with Crippen molar-refractivity contribution in [2.45, 2.75) is 46.1 Å². The Kier molecular flexibility index (Phi) is 7.29. The van der Waals surface area contributed by atoms with Crippen molar-refractivity contribution in [3.05, 3.63) is 34.6 Å². The molecule has 1 rings (SSSR count). The molecule has 0 aliphatic carbocycles. The molecule has 102 valence electrons. The van der Waals surface area contributed by atoms with Crippen LogP contribution in [0.4, 0.5) is 4.39 Å². The van der Waals surface area contributed by atoms with Crippen LogP contribution in [0.1, 0.15) is 45.1 Å². The van der Waals surface area contributed by atoms with E-state index in [-0.39, 0.29) is 5.82 Å². The third-order valence-corrected chi connectivity index (χ3v) is 3.66. The van der Waals surface area contributed by atoms with Crippen molar-refractivity contribution in [3.8, 4) is 0 Å². The van der Waals surface area contributed by atoms with E-state index in [1.165, 1.54) is 37.8 Å². The molecule has 0 bridgehead atoms. The Balaban J connectivity index is 2.35. The van der Waals surface area contributed by atoms with Crippen LogP contribution in [-0.2, 0) is 6.54 Å². The van der Waals surface area contributed by atoms with Crippen molar-refractivity contribution in [1.82, 2.24) is 5.32 Å². The summed E-state index contributed by atoms with van der Waals surface area (Å²) in [4.78, 5) is 0. The average Bonchev–Trinajstić information content (AvgIpc) is 2.36. The van der Waals surface area contributed by atoms with E-state index in [9.17, 15) is 4.39 Å². The molecule has 0 amide bonds. The van der Waals surface area contributed by atoms with Crippen LogP contribution in [0.15, 0.2) is 18.2 Å². The molecule has 18 heavy (non-hydrogen) atoms. The SMILES string of the molecule is CCCCC(CC)CNCc1ccc(F)cc1Cl. The number of hydrogen-bond donors (Lipinski definition) is 1. The number of halogens is 2. The molecule has 0 aromatic heterocycles. The molecular weight excluding hydrogens is 249 g/mol. The highest BCUT2D eigenvalue weighted by molar-refractivity contribution is 6.31. The fraction of sp³-hybridized carbons (Fsp3) is 0.600. The maximum Gasteiger partial charge on any atom is 0.124 e. The Morgan fingerprint density at radius 2 is 2.11 bits per heavy atom. The molecule has 1 aromatic rings. The smallest absolute Gasteiger partial charge is 0.124 e. The molecule has 1 atom stereocenters. The van der Waals surface area contributed by atoms with E-state index in [0.717, 1.165) is 18.0 Å². The van der Waals surface area contributed by atoms with Gasteiger partial charge in [0.05, 0.1) is 0 Å². The van der Waals surface area contributed by atoms with Crippen LogP contribution in [0.3, 0.4) is 0 Å². The Bertz CT molecular complexity index is 354. The van der Waals surface area contributed by atoms with Crippen LogP contribution in [0.5, 0.6) is 0 Å². The van der Waals surface area contributed by atoms with Gasteiger partial charge in [0, 0.05) is 11.6 Å². The fourth-order valence-corrected chi connectivity index (χ4v) is 2.25. The molecule has 1 unspecified atom stereocenters. The number of benzene rings is 1. The van der Waals surface area contributed by atoms with E-state index >= 15 is 0 Å². The van der Waals surface area contributed by atoms with Crippen molar-refractivity contribution >= 4 is 11.6 Å². The second kappa shape index (κ2) is 8.49. The molecule has 0 radical (unpaired) electrons. The van der Waals surface area contributed by atoms with Crippen molar-refractivity contribution < 1.29 is 4.39 Å². The minimum atomic E-state index is -0.280. The Morgan fingerprint density at radius 3 is 2.72 bits per heavy atom. The molecule has 0 saturated heterocycles. The van der Waals surface area contributed by atoms with Crippen LogP contribution < -0.4 is 5.32 Å². The van der Waals surface area contributed by atoms with Crippen LogP contribution >= 0.6 is 11.6 Å². The predicted octanol–water partition coefficient (Wildman–Crippen LogP) is 4.79. The maximum absolute atomic E-state index is 12.9. The Labute approximate surface area is 115 Å². The predicted molar refractivity (Wildman–Crippen MR) is 76.4 cm³/mol. The Hall–Kier alpha value is -0.600. The van der Waals surface area contributed by atoms with Gasteiger partial charge in [-0.15, -0.1) is 0 Å². The lowest BCUT2D eigenvalue weighted by atomic mass is 9.99. The summed E-state index contributed by atoms with van der Waals surface area (Å²) in [6.07, 6.45) is 5.01. The standard InChI is InChI=1S/C15H23ClFN/c1-3-5-6-12(4-2)10-18-11-13-7-8-14(17)9-15(13)16/h7-9,12,18H,3-6,10-11H2,1-2H3. The van der Waals surface area contributed by atoms with Crippen molar-refractivity contribution in [2.24, 2.45) is 5.92 Å². The fourth-order valence-electron chi connectivity index (χ4n) is 2.02. The summed E-state index contributed by atoms with van der Waals surface area (Å²) in [7, 11) is 0. The number of hydrogen-bond acceptors (Lipinski definition) is 1. The van der Waals surface area contributed by atoms with Gasteiger partial charge in [-0.25, -0.2) is 4.39 Å². The minimum absolute atomic E-state index is 0.280. The zero-order valence-corrected chi connectivity index (χ0v) is 12.1. The molecule has 1 aromatic carbocycles. The van der Waals surface area contributed by atoms with Gasteiger partial charge >= 0.3 is 0 Å². The zero-order chi connectivity index (χ0) is 13.4. The summed E-state index contributed by atoms with van der Waals surface area (Å²) in [5, 5.41) is 3.92. The van der Waals surface area contributed by atoms with E-state index < -0.39 is 0 Å². The summed E-state index contributed by atoms with van der Waals surface area (Å²) in [5.41, 5.74) is 0.961. The van der Waals surface area contributed by atoms with Crippen LogP contribution in [0.2, 0.25) is 5.02 Å². The van der Waals surface area contributed by atoms with Crippen LogP contribution in [0, 0.1) is 11.7 Å². The monoisotopic (exact) mass is 271 g/mol. The van der Waals surface area contributed by atoms with Gasteiger partial charge in [0.2, 0.25) is 0 Å². The van der Waals surface area contributed by atoms with Crippen molar-refractivity contribution in [1.29, 1.82) is 0 Å². The first-order valence-corrected chi connectivity index (χ1v) is 7.19. The molecule has 0 saturated carbocycles. The molecule has 3 heteroatoms. The zero-order valence-electron chi connectivity index (χ0n) is 11.3. The number of unbranched alkanes of at least 4 members (excludes halogenated alkanes) is 1. The van der Waals surface area contributed by atoms with Gasteiger partial charge in [0.15, 0.2) is 0 Å². The van der Waals surface area contributed by atoms with Crippen molar-refractivity contribution in [2.75, 3.05) is 6.54 Å². The first-order chi connectivity index (χ1) is 8.67. The first-order valence-electron chi connectivity index (χ1n) is 6.82. The molecule has 0 heterocycles. The van der Waals surface area contributed by atoms with E-state index in [1.54, 1.807) is 6.07 Å². The lowest BCUT2D eigenvalue weighted by Crippen LogP contribution is -2.22. The molecule has 0 fully saturated rings. The average molecular weight is 272 g/mol. The molecule has 0 aliphatic heterocycles. The van der Waals surface area contributed by atoms with E-state index in [1.807, 2.05) is 0 Å². The van der Waals surface area contributed by atoms with Crippen molar-refractivity contribution in [3.63, 3.8) is 0 Å². The van der Waals surface area contributed by atoms with E-state index in [4.69, 9.17) is 11.6 Å². The highest BCUT2D eigenvalue weighted by Crippen LogP contribution is 2.17. The van der Waals surface area contributed by atoms with Gasteiger partial charge in [-0.1, -0.05) is 50.8 Å². The quantitative estimate of drug-likeness (QED) is 0.717. The second-order valence-electron chi connectivity index (χ2n) is 4.78.